The fourth-order valence-electron chi connectivity index (χ4n) is 7.70. The van der Waals surface area contributed by atoms with Gasteiger partial charge in [0.05, 0.1) is 0 Å². The number of nitrogens with zero attached hydrogens (tertiary/aromatic N) is 3. The van der Waals surface area contributed by atoms with Crippen molar-refractivity contribution in [3.8, 4) is 17.2 Å². The second-order valence-corrected chi connectivity index (χ2v) is 22.6. The SMILES string of the molecule is CCO[Si](OCC)(OCC)c1ccnc2c([O][Al]([O]c3cccc4c([Si](OCC)(OCC)OCC)ccnc34)[O]c3cccc4c([Si](OCC)(OCC)OCC)ccnc34)cccc12. The van der Waals surface area contributed by atoms with Gasteiger partial charge in [-0.05, 0) is 98.7 Å². The molecule has 19 heteroatoms. The topological polar surface area (TPSA) is 149 Å². The lowest BCUT2D eigenvalue weighted by Crippen LogP contribution is -2.57. The van der Waals surface area contributed by atoms with E-state index in [4.69, 9.17) is 66.2 Å². The number of pyridine rings is 3. The van der Waals surface area contributed by atoms with Crippen molar-refractivity contribution >= 4 is 89.8 Å². The van der Waals surface area contributed by atoms with E-state index in [0.717, 1.165) is 31.7 Å². The molecule has 0 N–H and O–H groups in total. The molecule has 0 saturated carbocycles. The van der Waals surface area contributed by atoms with Gasteiger partial charge in [-0.2, -0.15) is 0 Å². The maximum atomic E-state index is 6.95. The van der Waals surface area contributed by atoms with Crippen LogP contribution in [0.4, 0.5) is 0 Å². The highest BCUT2D eigenvalue weighted by molar-refractivity contribution is 6.78. The molecule has 342 valence electrons. The molecule has 6 rings (SSSR count). The normalized spacial score (nSPS) is 12.3. The molecule has 3 heterocycles. The Balaban J connectivity index is 1.53. The summed E-state index contributed by atoms with van der Waals surface area (Å²) in [5.41, 5.74) is 1.66. The minimum absolute atomic E-state index is 0.400. The lowest BCUT2D eigenvalue weighted by atomic mass is 10.2. The number of hydrogen-bond donors (Lipinski definition) is 0. The van der Waals surface area contributed by atoms with E-state index in [2.05, 4.69) is 0 Å². The molecule has 0 aliphatic heterocycles. The first-order valence-corrected chi connectivity index (χ1v) is 28.8. The van der Waals surface area contributed by atoms with Gasteiger partial charge in [0.15, 0.2) is 0 Å². The highest BCUT2D eigenvalue weighted by atomic mass is 28.4. The number of benzene rings is 3. The zero-order valence-corrected chi connectivity index (χ0v) is 42.5. The van der Waals surface area contributed by atoms with E-state index < -0.39 is 41.6 Å². The van der Waals surface area contributed by atoms with Gasteiger partial charge in [-0.3, -0.25) is 15.0 Å². The van der Waals surface area contributed by atoms with Crippen LogP contribution in [-0.2, 0) is 39.8 Å². The Morgan fingerprint density at radius 2 is 0.578 bits per heavy atom. The summed E-state index contributed by atoms with van der Waals surface area (Å²) in [6, 6.07) is 22.8. The monoisotopic (exact) mass is 945 g/mol. The molecule has 0 amide bonds. The van der Waals surface area contributed by atoms with Crippen LogP contribution in [0.25, 0.3) is 32.7 Å². The molecule has 0 saturated heterocycles. The fourth-order valence-corrected chi connectivity index (χ4v) is 17.0. The summed E-state index contributed by atoms with van der Waals surface area (Å²) < 4.78 is 78.0. The second kappa shape index (κ2) is 23.5. The average molecular weight is 946 g/mol. The Morgan fingerprint density at radius 3 is 0.797 bits per heavy atom. The van der Waals surface area contributed by atoms with Crippen LogP contribution in [0.15, 0.2) is 91.4 Å². The first kappa shape index (κ1) is 49.5. The van der Waals surface area contributed by atoms with E-state index in [1.165, 1.54) is 0 Å². The Hall–Kier alpha value is -3.89. The van der Waals surface area contributed by atoms with Gasteiger partial charge >= 0.3 is 41.6 Å². The molecular formula is C45H60AlN3O12Si3. The van der Waals surface area contributed by atoms with Gasteiger partial charge in [-0.15, -0.1) is 0 Å². The molecule has 64 heavy (non-hydrogen) atoms. The number of para-hydroxylation sites is 3. The van der Waals surface area contributed by atoms with Crippen molar-refractivity contribution in [3.63, 3.8) is 0 Å². The van der Waals surface area contributed by atoms with Gasteiger partial charge in [-0.25, -0.2) is 0 Å². The minimum atomic E-state index is -3.40. The smallest absolute Gasteiger partial charge is 0.576 e. The molecule has 0 aliphatic carbocycles. The minimum Gasteiger partial charge on any atom is -0.576 e. The zero-order valence-electron chi connectivity index (χ0n) is 38.3. The molecule has 0 radical (unpaired) electrons. The van der Waals surface area contributed by atoms with Crippen LogP contribution in [0.3, 0.4) is 0 Å². The van der Waals surface area contributed by atoms with Crippen LogP contribution in [0.5, 0.6) is 17.2 Å². The third kappa shape index (κ3) is 10.5. The van der Waals surface area contributed by atoms with Crippen molar-refractivity contribution in [2.45, 2.75) is 62.3 Å². The standard InChI is InChI=1S/3C15H21NO4Si.Al/c3*1-4-18-21(19-5-2,20-6-3)14-10-11-16-15-12(14)8-7-9-13(15)17;/h3*7-11,17H,4-6H2,1-3H3;/q;;;+3/p-3. The summed E-state index contributed by atoms with van der Waals surface area (Å²) in [6.45, 7) is 21.0. The number of aromatic nitrogens is 3. The van der Waals surface area contributed by atoms with Gasteiger partial charge in [0.1, 0.15) is 33.8 Å². The van der Waals surface area contributed by atoms with Crippen molar-refractivity contribution in [3.05, 3.63) is 91.4 Å². The van der Waals surface area contributed by atoms with Gasteiger partial charge in [0.25, 0.3) is 0 Å². The van der Waals surface area contributed by atoms with Crippen molar-refractivity contribution in [2.75, 3.05) is 59.5 Å². The fraction of sp³-hybridized carbons (Fsp3) is 0.400. The molecule has 0 spiro atoms. The van der Waals surface area contributed by atoms with Crippen molar-refractivity contribution < 1.29 is 51.2 Å². The highest BCUT2D eigenvalue weighted by Gasteiger charge is 2.50. The Morgan fingerprint density at radius 1 is 0.344 bits per heavy atom. The molecule has 0 unspecified atom stereocenters. The summed E-state index contributed by atoms with van der Waals surface area (Å²) in [4.78, 5) is 14.5. The van der Waals surface area contributed by atoms with Gasteiger partial charge in [0, 0.05) is 110 Å². The first-order valence-electron chi connectivity index (χ1n) is 22.2. The van der Waals surface area contributed by atoms with Crippen LogP contribution in [0.2, 0.25) is 0 Å². The first-order chi connectivity index (χ1) is 31.3. The summed E-state index contributed by atoms with van der Waals surface area (Å²) in [5, 5.41) is 4.62. The molecular weight excluding hydrogens is 886 g/mol. The molecule has 15 nitrogen and oxygen atoms in total. The van der Waals surface area contributed by atoms with Gasteiger partial charge in [0.2, 0.25) is 0 Å². The molecule has 0 atom stereocenters. The predicted octanol–water partition coefficient (Wildman–Crippen LogP) is 6.62. The van der Waals surface area contributed by atoms with Crippen molar-refractivity contribution in [1.82, 2.24) is 15.0 Å². The maximum Gasteiger partial charge on any atom is 1.20 e. The molecule has 0 bridgehead atoms. The zero-order chi connectivity index (χ0) is 45.6. The summed E-state index contributed by atoms with van der Waals surface area (Å²) >= 11 is -3.40. The maximum absolute atomic E-state index is 6.95. The molecule has 0 fully saturated rings. The van der Waals surface area contributed by atoms with E-state index in [-0.39, 0.29) is 0 Å². The summed E-state index contributed by atoms with van der Waals surface area (Å²) in [5.74, 6) is 1.28. The average Bonchev–Trinajstić information content (AvgIpc) is 3.29. The van der Waals surface area contributed by atoms with Crippen molar-refractivity contribution in [2.24, 2.45) is 0 Å². The van der Waals surface area contributed by atoms with Gasteiger partial charge in [-0.1, -0.05) is 36.4 Å². The third-order valence-corrected chi connectivity index (χ3v) is 20.5. The largest absolute Gasteiger partial charge is 1.20 e. The van der Waals surface area contributed by atoms with Crippen LogP contribution in [0, 0.1) is 0 Å². The summed E-state index contributed by atoms with van der Waals surface area (Å²) in [6.07, 6.45) is 5.14. The molecule has 3 aromatic carbocycles. The quantitative estimate of drug-likeness (QED) is 0.0509. The van der Waals surface area contributed by atoms with Crippen molar-refractivity contribution in [1.29, 1.82) is 0 Å². The highest BCUT2D eigenvalue weighted by Crippen LogP contribution is 2.32. The summed E-state index contributed by atoms with van der Waals surface area (Å²) in [7, 11) is -10.1. The molecule has 6 aromatic rings. The molecule has 3 aromatic heterocycles. The van der Waals surface area contributed by atoms with Crippen LogP contribution < -0.4 is 26.9 Å². The number of fused-ring (bicyclic) bond motifs is 3. The lowest BCUT2D eigenvalue weighted by molar-refractivity contribution is 0.0854. The Kier molecular flexibility index (Phi) is 18.2. The van der Waals surface area contributed by atoms with Crippen LogP contribution in [-0.4, -0.2) is 116 Å². The number of rotatable bonds is 27. The van der Waals surface area contributed by atoms with Gasteiger partial charge < -0.3 is 51.2 Å². The molecule has 0 aliphatic rings. The lowest BCUT2D eigenvalue weighted by Gasteiger charge is -2.30. The van der Waals surface area contributed by atoms with E-state index in [1.807, 2.05) is 135 Å². The van der Waals surface area contributed by atoms with Crippen LogP contribution in [0.1, 0.15) is 62.3 Å². The van der Waals surface area contributed by atoms with E-state index in [0.29, 0.717) is 93.3 Å². The predicted molar refractivity (Wildman–Crippen MR) is 254 cm³/mol. The second-order valence-electron chi connectivity index (χ2n) is 13.7. The Labute approximate surface area is 384 Å². The van der Waals surface area contributed by atoms with E-state index in [1.54, 1.807) is 18.6 Å². The van der Waals surface area contributed by atoms with E-state index >= 15 is 0 Å². The van der Waals surface area contributed by atoms with E-state index in [9.17, 15) is 0 Å². The number of hydrogen-bond acceptors (Lipinski definition) is 15. The van der Waals surface area contributed by atoms with Crippen LogP contribution >= 0.6 is 0 Å². The Bertz CT molecular complexity index is 2120. The third-order valence-electron chi connectivity index (χ3n) is 9.87.